The second-order valence-corrected chi connectivity index (χ2v) is 6.18. The van der Waals surface area contributed by atoms with Crippen molar-refractivity contribution < 1.29 is 14.3 Å². The molecule has 1 aliphatic heterocycles. The van der Waals surface area contributed by atoms with Crippen molar-refractivity contribution in [1.82, 2.24) is 5.32 Å². The van der Waals surface area contributed by atoms with E-state index in [2.05, 4.69) is 11.4 Å². The Hall–Kier alpha value is -1.39. The van der Waals surface area contributed by atoms with E-state index in [0.717, 1.165) is 36.0 Å². The molecule has 0 spiro atoms. The highest BCUT2D eigenvalue weighted by molar-refractivity contribution is 5.94. The van der Waals surface area contributed by atoms with Gasteiger partial charge >= 0.3 is 0 Å². The molecule has 3 unspecified atom stereocenters. The van der Waals surface area contributed by atoms with Crippen LogP contribution in [0.1, 0.15) is 40.7 Å². The third-order valence-corrected chi connectivity index (χ3v) is 4.30. The molecule has 4 heteroatoms. The summed E-state index contributed by atoms with van der Waals surface area (Å²) in [6, 6.07) is 6.14. The number of aryl methyl sites for hydroxylation is 2. The summed E-state index contributed by atoms with van der Waals surface area (Å²) >= 11 is 0. The number of fused-ring (bicyclic) bond motifs is 1. The summed E-state index contributed by atoms with van der Waals surface area (Å²) in [4.78, 5) is 12.4. The number of carbonyl (C=O) groups excluding carboxylic acids is 1. The van der Waals surface area contributed by atoms with Crippen LogP contribution in [0.4, 0.5) is 0 Å². The van der Waals surface area contributed by atoms with Crippen LogP contribution in [0.15, 0.2) is 18.2 Å². The lowest BCUT2D eigenvalue weighted by Crippen LogP contribution is -2.49. The largest absolute Gasteiger partial charge is 0.373 e. The first-order valence-electron chi connectivity index (χ1n) is 7.74. The molecule has 4 nitrogen and oxygen atoms in total. The fourth-order valence-corrected chi connectivity index (χ4v) is 3.37. The number of nitrogens with one attached hydrogen (secondary N) is 1. The highest BCUT2D eigenvalue weighted by atomic mass is 16.6. The van der Waals surface area contributed by atoms with Crippen molar-refractivity contribution in [3.05, 3.63) is 34.9 Å². The van der Waals surface area contributed by atoms with E-state index < -0.39 is 0 Å². The molecule has 3 atom stereocenters. The summed E-state index contributed by atoms with van der Waals surface area (Å²) < 4.78 is 11.5. The zero-order valence-electron chi connectivity index (χ0n) is 12.7. The molecule has 1 saturated heterocycles. The highest BCUT2D eigenvalue weighted by Crippen LogP contribution is 2.27. The van der Waals surface area contributed by atoms with Gasteiger partial charge in [-0.3, -0.25) is 4.79 Å². The van der Waals surface area contributed by atoms with Crippen molar-refractivity contribution >= 4 is 5.91 Å². The van der Waals surface area contributed by atoms with Crippen molar-refractivity contribution in [3.8, 4) is 0 Å². The van der Waals surface area contributed by atoms with Crippen molar-refractivity contribution in [2.75, 3.05) is 13.2 Å². The van der Waals surface area contributed by atoms with E-state index in [4.69, 9.17) is 9.47 Å². The Labute approximate surface area is 125 Å². The van der Waals surface area contributed by atoms with Crippen molar-refractivity contribution in [1.29, 1.82) is 0 Å². The number of carbonyl (C=O) groups is 1. The Balaban J connectivity index is 1.62. The predicted molar refractivity (Wildman–Crippen MR) is 80.5 cm³/mol. The Morgan fingerprint density at radius 3 is 2.43 bits per heavy atom. The third-order valence-electron chi connectivity index (χ3n) is 4.30. The molecule has 0 radical (unpaired) electrons. The lowest BCUT2D eigenvalue weighted by Gasteiger charge is -2.39. The van der Waals surface area contributed by atoms with Gasteiger partial charge in [0.05, 0.1) is 25.4 Å². The smallest absolute Gasteiger partial charge is 0.251 e. The van der Waals surface area contributed by atoms with Crippen LogP contribution in [-0.4, -0.2) is 37.4 Å². The average molecular weight is 289 g/mol. The highest BCUT2D eigenvalue weighted by Gasteiger charge is 2.34. The molecule has 1 N–H and O–H groups in total. The number of hydrogen-bond donors (Lipinski definition) is 1. The first kappa shape index (κ1) is 14.5. The summed E-state index contributed by atoms with van der Waals surface area (Å²) in [6.45, 7) is 5.39. The van der Waals surface area contributed by atoms with Gasteiger partial charge in [-0.25, -0.2) is 0 Å². The van der Waals surface area contributed by atoms with Crippen LogP contribution in [0.5, 0.6) is 0 Å². The fraction of sp³-hybridized carbons (Fsp3) is 0.588. The van der Waals surface area contributed by atoms with Gasteiger partial charge < -0.3 is 14.8 Å². The lowest BCUT2D eigenvalue weighted by molar-refractivity contribution is -0.157. The first-order chi connectivity index (χ1) is 10.1. The molecule has 0 bridgehead atoms. The standard InChI is InChI=1S/C17H23NO3/c1-11-7-12(2)9-13(8-11)17(19)18-14-3-4-15-16(10-14)21-6-5-20-15/h7-9,14-16H,3-6,10H2,1-2H3,(H,18,19). The average Bonchev–Trinajstić information content (AvgIpc) is 2.46. The molecule has 1 aliphatic carbocycles. The van der Waals surface area contributed by atoms with Crippen LogP contribution < -0.4 is 5.32 Å². The zero-order chi connectivity index (χ0) is 14.8. The van der Waals surface area contributed by atoms with Gasteiger partial charge in [0.1, 0.15) is 0 Å². The maximum absolute atomic E-state index is 12.4. The zero-order valence-corrected chi connectivity index (χ0v) is 12.7. The number of hydrogen-bond acceptors (Lipinski definition) is 3. The second kappa shape index (κ2) is 6.16. The molecule has 1 amide bonds. The number of benzene rings is 1. The summed E-state index contributed by atoms with van der Waals surface area (Å²) in [7, 11) is 0. The molecule has 114 valence electrons. The number of ether oxygens (including phenoxy) is 2. The van der Waals surface area contributed by atoms with Gasteiger partial charge in [0.25, 0.3) is 5.91 Å². The van der Waals surface area contributed by atoms with E-state index in [1.165, 1.54) is 0 Å². The molecular weight excluding hydrogens is 266 g/mol. The van der Waals surface area contributed by atoms with E-state index in [-0.39, 0.29) is 24.2 Å². The van der Waals surface area contributed by atoms with Gasteiger partial charge in [-0.15, -0.1) is 0 Å². The Kier molecular flexibility index (Phi) is 4.27. The molecule has 3 rings (SSSR count). The van der Waals surface area contributed by atoms with Gasteiger partial charge in [-0.1, -0.05) is 17.2 Å². The van der Waals surface area contributed by atoms with Gasteiger partial charge in [-0.05, 0) is 45.2 Å². The lowest BCUT2D eigenvalue weighted by atomic mass is 9.89. The Morgan fingerprint density at radius 2 is 1.71 bits per heavy atom. The van der Waals surface area contributed by atoms with Crippen LogP contribution in [-0.2, 0) is 9.47 Å². The minimum atomic E-state index is 0.0157. The SMILES string of the molecule is Cc1cc(C)cc(C(=O)NC2CCC3OCCOC3C2)c1. The normalized spacial score (nSPS) is 28.8. The van der Waals surface area contributed by atoms with Gasteiger partial charge in [0.2, 0.25) is 0 Å². The van der Waals surface area contributed by atoms with E-state index in [1.54, 1.807) is 0 Å². The third kappa shape index (κ3) is 3.44. The molecule has 1 saturated carbocycles. The first-order valence-corrected chi connectivity index (χ1v) is 7.74. The van der Waals surface area contributed by atoms with Crippen LogP contribution in [0.2, 0.25) is 0 Å². The van der Waals surface area contributed by atoms with E-state index in [0.29, 0.717) is 13.2 Å². The second-order valence-electron chi connectivity index (χ2n) is 6.18. The van der Waals surface area contributed by atoms with Crippen LogP contribution in [0.25, 0.3) is 0 Å². The van der Waals surface area contributed by atoms with Gasteiger partial charge in [0.15, 0.2) is 0 Å². The van der Waals surface area contributed by atoms with E-state index in [9.17, 15) is 4.79 Å². The van der Waals surface area contributed by atoms with Crippen LogP contribution in [0, 0.1) is 13.8 Å². The molecular formula is C17H23NO3. The van der Waals surface area contributed by atoms with Crippen molar-refractivity contribution in [2.45, 2.75) is 51.4 Å². The predicted octanol–water partition coefficient (Wildman–Crippen LogP) is 2.37. The maximum Gasteiger partial charge on any atom is 0.251 e. The molecule has 0 aromatic heterocycles. The molecule has 1 aromatic carbocycles. The minimum Gasteiger partial charge on any atom is -0.373 e. The summed E-state index contributed by atoms with van der Waals surface area (Å²) in [5.41, 5.74) is 2.98. The Bertz CT molecular complexity index is 509. The monoisotopic (exact) mass is 289 g/mol. The summed E-state index contributed by atoms with van der Waals surface area (Å²) in [5.74, 6) is 0.0157. The van der Waals surface area contributed by atoms with Crippen molar-refractivity contribution in [2.24, 2.45) is 0 Å². The van der Waals surface area contributed by atoms with E-state index >= 15 is 0 Å². The molecule has 1 heterocycles. The fourth-order valence-electron chi connectivity index (χ4n) is 3.37. The Morgan fingerprint density at radius 1 is 1.05 bits per heavy atom. The molecule has 1 aromatic rings. The number of amides is 1. The van der Waals surface area contributed by atoms with Crippen molar-refractivity contribution in [3.63, 3.8) is 0 Å². The summed E-state index contributed by atoms with van der Waals surface area (Å²) in [6.07, 6.45) is 3.12. The van der Waals surface area contributed by atoms with Crippen LogP contribution in [0.3, 0.4) is 0 Å². The van der Waals surface area contributed by atoms with Gasteiger partial charge in [0, 0.05) is 11.6 Å². The molecule has 2 aliphatic rings. The number of rotatable bonds is 2. The topological polar surface area (TPSA) is 47.6 Å². The minimum absolute atomic E-state index is 0.0157. The summed E-state index contributed by atoms with van der Waals surface area (Å²) in [5, 5.41) is 3.15. The van der Waals surface area contributed by atoms with Gasteiger partial charge in [-0.2, -0.15) is 0 Å². The molecule has 2 fully saturated rings. The van der Waals surface area contributed by atoms with E-state index in [1.807, 2.05) is 26.0 Å². The quantitative estimate of drug-likeness (QED) is 0.909. The van der Waals surface area contributed by atoms with Crippen LogP contribution >= 0.6 is 0 Å². The molecule has 21 heavy (non-hydrogen) atoms. The maximum atomic E-state index is 12.4.